The average molecular weight is 284 g/mol. The molecule has 1 amide bonds. The van der Waals surface area contributed by atoms with Crippen LogP contribution >= 0.6 is 0 Å². The van der Waals surface area contributed by atoms with Gasteiger partial charge < -0.3 is 15.8 Å². The molecule has 0 heterocycles. The van der Waals surface area contributed by atoms with Crippen LogP contribution in [-0.2, 0) is 0 Å². The Bertz CT molecular complexity index is 587. The molecule has 110 valence electrons. The first-order chi connectivity index (χ1) is 10.1. The zero-order chi connectivity index (χ0) is 15.2. The highest BCUT2D eigenvalue weighted by Crippen LogP contribution is 2.24. The summed E-state index contributed by atoms with van der Waals surface area (Å²) in [6.07, 6.45) is 1.03. The minimum atomic E-state index is -0.441. The lowest BCUT2D eigenvalue weighted by Crippen LogP contribution is -2.14. The van der Waals surface area contributed by atoms with E-state index in [-0.39, 0.29) is 0 Å². The van der Waals surface area contributed by atoms with Crippen LogP contribution in [0, 0.1) is 0 Å². The highest BCUT2D eigenvalue weighted by molar-refractivity contribution is 5.92. The third-order valence-electron chi connectivity index (χ3n) is 3.41. The number of hydrogen-bond donors (Lipinski definition) is 2. The highest BCUT2D eigenvalue weighted by atomic mass is 16.5. The van der Waals surface area contributed by atoms with Crippen LogP contribution in [0.25, 0.3) is 0 Å². The van der Waals surface area contributed by atoms with Crippen molar-refractivity contribution in [2.24, 2.45) is 5.73 Å². The number of nitrogens with one attached hydrogen (secondary N) is 1. The van der Waals surface area contributed by atoms with E-state index in [0.717, 1.165) is 12.2 Å². The van der Waals surface area contributed by atoms with Gasteiger partial charge in [-0.15, -0.1) is 0 Å². The Labute approximate surface area is 124 Å². The molecule has 0 aromatic heterocycles. The number of primary amides is 1. The third kappa shape index (κ3) is 3.83. The summed E-state index contributed by atoms with van der Waals surface area (Å²) >= 11 is 0. The first kappa shape index (κ1) is 15.1. The summed E-state index contributed by atoms with van der Waals surface area (Å²) in [6, 6.07) is 15.1. The van der Waals surface area contributed by atoms with Gasteiger partial charge in [-0.05, 0) is 55.4 Å². The Hall–Kier alpha value is -2.33. The van der Waals surface area contributed by atoms with E-state index in [4.69, 9.17) is 10.5 Å². The first-order valence-corrected chi connectivity index (χ1v) is 6.99. The van der Waals surface area contributed by atoms with E-state index in [1.807, 2.05) is 19.2 Å². The largest absolute Gasteiger partial charge is 0.457 e. The SMILES string of the molecule is CCC(NC)c1ccc(Oc2ccc(C(N)=O)cc2)cc1. The molecule has 0 saturated carbocycles. The third-order valence-corrected chi connectivity index (χ3v) is 3.41. The second-order valence-corrected chi connectivity index (χ2v) is 4.81. The molecule has 1 atom stereocenters. The normalized spacial score (nSPS) is 11.9. The molecule has 0 aliphatic rings. The number of nitrogens with two attached hydrogens (primary N) is 1. The quantitative estimate of drug-likeness (QED) is 0.855. The second kappa shape index (κ2) is 6.90. The van der Waals surface area contributed by atoms with Gasteiger partial charge in [0.15, 0.2) is 0 Å². The topological polar surface area (TPSA) is 64.3 Å². The van der Waals surface area contributed by atoms with Gasteiger partial charge in [-0.3, -0.25) is 4.79 Å². The van der Waals surface area contributed by atoms with Crippen LogP contribution in [0.2, 0.25) is 0 Å². The number of hydrogen-bond acceptors (Lipinski definition) is 3. The van der Waals surface area contributed by atoms with Crippen molar-refractivity contribution < 1.29 is 9.53 Å². The maximum absolute atomic E-state index is 11.0. The molecule has 0 bridgehead atoms. The van der Waals surface area contributed by atoms with Crippen LogP contribution in [0.15, 0.2) is 48.5 Å². The number of benzene rings is 2. The fourth-order valence-electron chi connectivity index (χ4n) is 2.20. The Balaban J connectivity index is 2.07. The van der Waals surface area contributed by atoms with Crippen molar-refractivity contribution in [2.45, 2.75) is 19.4 Å². The van der Waals surface area contributed by atoms with Gasteiger partial charge in [0.25, 0.3) is 0 Å². The maximum Gasteiger partial charge on any atom is 0.248 e. The standard InChI is InChI=1S/C17H20N2O2/c1-3-16(19-2)12-4-8-14(9-5-12)21-15-10-6-13(7-11-15)17(18)20/h4-11,16,19H,3H2,1-2H3,(H2,18,20). The van der Waals surface area contributed by atoms with E-state index in [0.29, 0.717) is 17.4 Å². The monoisotopic (exact) mass is 284 g/mol. The Morgan fingerprint density at radius 1 is 1.10 bits per heavy atom. The van der Waals surface area contributed by atoms with Gasteiger partial charge >= 0.3 is 0 Å². The molecule has 0 saturated heterocycles. The minimum Gasteiger partial charge on any atom is -0.457 e. The Morgan fingerprint density at radius 3 is 2.05 bits per heavy atom. The van der Waals surface area contributed by atoms with E-state index in [1.165, 1.54) is 5.56 Å². The Morgan fingerprint density at radius 2 is 1.62 bits per heavy atom. The van der Waals surface area contributed by atoms with Gasteiger partial charge in [-0.2, -0.15) is 0 Å². The van der Waals surface area contributed by atoms with Gasteiger partial charge in [0.2, 0.25) is 5.91 Å². The zero-order valence-electron chi connectivity index (χ0n) is 12.3. The summed E-state index contributed by atoms with van der Waals surface area (Å²) in [5.74, 6) is 0.994. The molecule has 4 heteroatoms. The van der Waals surface area contributed by atoms with E-state index in [1.54, 1.807) is 24.3 Å². The predicted octanol–water partition coefficient (Wildman–Crippen LogP) is 3.25. The maximum atomic E-state index is 11.0. The lowest BCUT2D eigenvalue weighted by Gasteiger charge is -2.14. The van der Waals surface area contributed by atoms with Crippen molar-refractivity contribution in [3.05, 3.63) is 59.7 Å². The molecule has 4 nitrogen and oxygen atoms in total. The van der Waals surface area contributed by atoms with Crippen molar-refractivity contribution in [3.63, 3.8) is 0 Å². The van der Waals surface area contributed by atoms with Crippen LogP contribution in [0.4, 0.5) is 0 Å². The van der Waals surface area contributed by atoms with Crippen LogP contribution in [0.3, 0.4) is 0 Å². The smallest absolute Gasteiger partial charge is 0.248 e. The molecule has 0 radical (unpaired) electrons. The van der Waals surface area contributed by atoms with Crippen LogP contribution in [-0.4, -0.2) is 13.0 Å². The fourth-order valence-corrected chi connectivity index (χ4v) is 2.20. The summed E-state index contributed by atoms with van der Waals surface area (Å²) in [4.78, 5) is 11.0. The van der Waals surface area contributed by atoms with Crippen molar-refractivity contribution in [1.29, 1.82) is 0 Å². The molecule has 2 aromatic carbocycles. The molecule has 2 aromatic rings. The molecular weight excluding hydrogens is 264 g/mol. The molecule has 0 fully saturated rings. The molecule has 0 spiro atoms. The summed E-state index contributed by atoms with van der Waals surface area (Å²) < 4.78 is 5.74. The number of rotatable bonds is 6. The average Bonchev–Trinajstić information content (AvgIpc) is 2.51. The summed E-state index contributed by atoms with van der Waals surface area (Å²) in [5, 5.41) is 3.27. The lowest BCUT2D eigenvalue weighted by atomic mass is 10.0. The molecular formula is C17H20N2O2. The van der Waals surface area contributed by atoms with Gasteiger partial charge in [-0.25, -0.2) is 0 Å². The van der Waals surface area contributed by atoms with E-state index < -0.39 is 5.91 Å². The van der Waals surface area contributed by atoms with E-state index >= 15 is 0 Å². The Kier molecular flexibility index (Phi) is 4.95. The molecule has 3 N–H and O–H groups in total. The molecule has 0 aliphatic heterocycles. The van der Waals surface area contributed by atoms with Crippen LogP contribution < -0.4 is 15.8 Å². The molecule has 2 rings (SSSR count). The predicted molar refractivity (Wildman–Crippen MR) is 83.6 cm³/mol. The summed E-state index contributed by atoms with van der Waals surface area (Å²) in [7, 11) is 1.96. The summed E-state index contributed by atoms with van der Waals surface area (Å²) in [5.41, 5.74) is 6.90. The van der Waals surface area contributed by atoms with Gasteiger partial charge in [0, 0.05) is 11.6 Å². The number of carbonyl (C=O) groups is 1. The van der Waals surface area contributed by atoms with Crippen molar-refractivity contribution in [3.8, 4) is 11.5 Å². The van der Waals surface area contributed by atoms with E-state index in [2.05, 4.69) is 24.4 Å². The van der Waals surface area contributed by atoms with E-state index in [9.17, 15) is 4.79 Å². The summed E-state index contributed by atoms with van der Waals surface area (Å²) in [6.45, 7) is 2.14. The van der Waals surface area contributed by atoms with Crippen LogP contribution in [0.5, 0.6) is 11.5 Å². The van der Waals surface area contributed by atoms with Crippen molar-refractivity contribution in [2.75, 3.05) is 7.05 Å². The van der Waals surface area contributed by atoms with Gasteiger partial charge in [0.1, 0.15) is 11.5 Å². The first-order valence-electron chi connectivity index (χ1n) is 6.99. The highest BCUT2D eigenvalue weighted by Gasteiger charge is 2.06. The zero-order valence-corrected chi connectivity index (χ0v) is 12.3. The molecule has 1 unspecified atom stereocenters. The number of carbonyl (C=O) groups excluding carboxylic acids is 1. The van der Waals surface area contributed by atoms with Crippen LogP contribution in [0.1, 0.15) is 35.3 Å². The second-order valence-electron chi connectivity index (χ2n) is 4.81. The fraction of sp³-hybridized carbons (Fsp3) is 0.235. The van der Waals surface area contributed by atoms with Gasteiger partial charge in [0.05, 0.1) is 0 Å². The number of ether oxygens (including phenoxy) is 1. The van der Waals surface area contributed by atoms with Gasteiger partial charge in [-0.1, -0.05) is 19.1 Å². The lowest BCUT2D eigenvalue weighted by molar-refractivity contribution is 0.100. The number of amides is 1. The minimum absolute atomic E-state index is 0.355. The van der Waals surface area contributed by atoms with Crippen molar-refractivity contribution >= 4 is 5.91 Å². The molecule has 21 heavy (non-hydrogen) atoms. The molecule has 0 aliphatic carbocycles. The van der Waals surface area contributed by atoms with Crippen molar-refractivity contribution in [1.82, 2.24) is 5.32 Å².